The maximum Gasteiger partial charge on any atom is 0.128 e. The van der Waals surface area contributed by atoms with E-state index in [1.165, 1.54) is 12.1 Å². The Bertz CT molecular complexity index is 464. The van der Waals surface area contributed by atoms with Gasteiger partial charge < -0.3 is 10.4 Å². The fourth-order valence-electron chi connectivity index (χ4n) is 3.05. The van der Waals surface area contributed by atoms with Crippen LogP contribution in [-0.4, -0.2) is 18.3 Å². The average Bonchev–Trinajstić information content (AvgIpc) is 2.87. The Balaban J connectivity index is 1.98. The molecule has 4 heteroatoms. The topological polar surface area (TPSA) is 32.3 Å². The molecule has 3 atom stereocenters. The summed E-state index contributed by atoms with van der Waals surface area (Å²) in [5, 5.41) is 12.6. The van der Waals surface area contributed by atoms with Crippen LogP contribution in [0.25, 0.3) is 0 Å². The predicted molar refractivity (Wildman–Crippen MR) is 75.4 cm³/mol. The molecule has 0 radical (unpaired) electrons. The number of benzene rings is 1. The van der Waals surface area contributed by atoms with Gasteiger partial charge in [-0.25, -0.2) is 8.78 Å². The average molecular weight is 283 g/mol. The lowest BCUT2D eigenvalue weighted by Crippen LogP contribution is -2.29. The van der Waals surface area contributed by atoms with E-state index >= 15 is 0 Å². The van der Waals surface area contributed by atoms with Crippen molar-refractivity contribution >= 4 is 0 Å². The Hall–Kier alpha value is -1.00. The molecule has 0 amide bonds. The summed E-state index contributed by atoms with van der Waals surface area (Å²) < 4.78 is 27.4. The van der Waals surface area contributed by atoms with Crippen molar-refractivity contribution in [3.63, 3.8) is 0 Å². The van der Waals surface area contributed by atoms with Crippen LogP contribution >= 0.6 is 0 Å². The van der Waals surface area contributed by atoms with Crippen LogP contribution in [0.1, 0.15) is 43.4 Å². The summed E-state index contributed by atoms with van der Waals surface area (Å²) in [7, 11) is 0. The van der Waals surface area contributed by atoms with E-state index in [2.05, 4.69) is 5.32 Å². The summed E-state index contributed by atoms with van der Waals surface area (Å²) in [4.78, 5) is 0. The highest BCUT2D eigenvalue weighted by Crippen LogP contribution is 2.31. The number of halogens is 2. The van der Waals surface area contributed by atoms with Crippen molar-refractivity contribution in [3.8, 4) is 0 Å². The monoisotopic (exact) mass is 283 g/mol. The van der Waals surface area contributed by atoms with E-state index in [1.807, 2.05) is 6.92 Å². The number of hydrogen-bond donors (Lipinski definition) is 2. The van der Waals surface area contributed by atoms with Crippen LogP contribution in [-0.2, 0) is 0 Å². The summed E-state index contributed by atoms with van der Waals surface area (Å²) in [6.07, 6.45) is 3.29. The molecule has 1 aromatic carbocycles. The van der Waals surface area contributed by atoms with Crippen molar-refractivity contribution in [1.82, 2.24) is 5.32 Å². The molecule has 1 fully saturated rings. The van der Waals surface area contributed by atoms with E-state index in [4.69, 9.17) is 0 Å². The van der Waals surface area contributed by atoms with E-state index in [-0.39, 0.29) is 24.3 Å². The Morgan fingerprint density at radius 3 is 2.65 bits per heavy atom. The zero-order chi connectivity index (χ0) is 14.7. The maximum atomic E-state index is 13.9. The number of hydrogen-bond acceptors (Lipinski definition) is 2. The number of aliphatic hydroxyl groups excluding tert-OH is 1. The van der Waals surface area contributed by atoms with Crippen LogP contribution in [0.3, 0.4) is 0 Å². The fraction of sp³-hybridized carbons (Fsp3) is 0.625. The minimum absolute atomic E-state index is 0.217. The second-order valence-electron chi connectivity index (χ2n) is 5.89. The second-order valence-corrected chi connectivity index (χ2v) is 5.89. The third kappa shape index (κ3) is 3.36. The highest BCUT2D eigenvalue weighted by molar-refractivity contribution is 5.27. The summed E-state index contributed by atoms with van der Waals surface area (Å²) in [6.45, 7) is 4.36. The van der Waals surface area contributed by atoms with Gasteiger partial charge in [0.25, 0.3) is 0 Å². The first kappa shape index (κ1) is 15.4. The molecule has 1 aliphatic carbocycles. The first-order valence-electron chi connectivity index (χ1n) is 7.32. The fourth-order valence-corrected chi connectivity index (χ4v) is 3.05. The molecule has 2 rings (SSSR count). The van der Waals surface area contributed by atoms with Gasteiger partial charge in [-0.1, -0.05) is 6.42 Å². The molecule has 1 aliphatic rings. The van der Waals surface area contributed by atoms with Crippen molar-refractivity contribution in [1.29, 1.82) is 0 Å². The SMILES string of the molecule is Cc1cc(F)c(C(C)NCC2CCCC2CO)cc1F. The van der Waals surface area contributed by atoms with Gasteiger partial charge >= 0.3 is 0 Å². The van der Waals surface area contributed by atoms with Crippen molar-refractivity contribution in [2.75, 3.05) is 13.2 Å². The molecule has 2 N–H and O–H groups in total. The van der Waals surface area contributed by atoms with Gasteiger partial charge in [0.1, 0.15) is 11.6 Å². The summed E-state index contributed by atoms with van der Waals surface area (Å²) >= 11 is 0. The smallest absolute Gasteiger partial charge is 0.128 e. The van der Waals surface area contributed by atoms with E-state index in [1.54, 1.807) is 6.92 Å². The van der Waals surface area contributed by atoms with Crippen molar-refractivity contribution < 1.29 is 13.9 Å². The van der Waals surface area contributed by atoms with Crippen molar-refractivity contribution in [2.24, 2.45) is 11.8 Å². The van der Waals surface area contributed by atoms with Crippen LogP contribution in [0.15, 0.2) is 12.1 Å². The van der Waals surface area contributed by atoms with Gasteiger partial charge in [0.2, 0.25) is 0 Å². The number of rotatable bonds is 5. The molecule has 0 spiro atoms. The van der Waals surface area contributed by atoms with Gasteiger partial charge in [-0.3, -0.25) is 0 Å². The summed E-state index contributed by atoms with van der Waals surface area (Å²) in [5.41, 5.74) is 0.696. The third-order valence-corrected chi connectivity index (χ3v) is 4.48. The Morgan fingerprint density at radius 2 is 1.95 bits per heavy atom. The van der Waals surface area contributed by atoms with Crippen LogP contribution < -0.4 is 5.32 Å². The normalized spacial score (nSPS) is 24.1. The molecule has 1 saturated carbocycles. The Labute approximate surface area is 119 Å². The predicted octanol–water partition coefficient (Wildman–Crippen LogP) is 3.33. The first-order valence-corrected chi connectivity index (χ1v) is 7.32. The van der Waals surface area contributed by atoms with Crippen molar-refractivity contribution in [2.45, 2.75) is 39.2 Å². The minimum atomic E-state index is -0.371. The number of aliphatic hydroxyl groups is 1. The molecule has 0 aromatic heterocycles. The molecule has 0 saturated heterocycles. The maximum absolute atomic E-state index is 13.9. The van der Waals surface area contributed by atoms with Gasteiger partial charge in [-0.2, -0.15) is 0 Å². The van der Waals surface area contributed by atoms with Crippen LogP contribution in [0.5, 0.6) is 0 Å². The molecule has 3 unspecified atom stereocenters. The quantitative estimate of drug-likeness (QED) is 0.868. The van der Waals surface area contributed by atoms with E-state index in [0.717, 1.165) is 25.8 Å². The first-order chi connectivity index (χ1) is 9.52. The molecule has 0 heterocycles. The molecule has 0 bridgehead atoms. The molecule has 20 heavy (non-hydrogen) atoms. The van der Waals surface area contributed by atoms with Crippen LogP contribution in [0, 0.1) is 30.4 Å². The molecule has 2 nitrogen and oxygen atoms in total. The van der Waals surface area contributed by atoms with Gasteiger partial charge in [-0.05, 0) is 62.8 Å². The molecule has 112 valence electrons. The summed E-state index contributed by atoms with van der Waals surface area (Å²) in [5.74, 6) is 0.0355. The van der Waals surface area contributed by atoms with E-state index in [0.29, 0.717) is 23.0 Å². The van der Waals surface area contributed by atoms with Gasteiger partial charge in [0.15, 0.2) is 0 Å². The molecule has 0 aliphatic heterocycles. The Morgan fingerprint density at radius 1 is 1.25 bits per heavy atom. The van der Waals surface area contributed by atoms with Gasteiger partial charge in [0, 0.05) is 18.2 Å². The molecule has 1 aromatic rings. The minimum Gasteiger partial charge on any atom is -0.396 e. The largest absolute Gasteiger partial charge is 0.396 e. The second kappa shape index (κ2) is 6.64. The zero-order valence-electron chi connectivity index (χ0n) is 12.1. The zero-order valence-corrected chi connectivity index (χ0v) is 12.1. The van der Waals surface area contributed by atoms with Gasteiger partial charge in [0.05, 0.1) is 0 Å². The van der Waals surface area contributed by atoms with Crippen LogP contribution in [0.2, 0.25) is 0 Å². The van der Waals surface area contributed by atoms with Crippen molar-refractivity contribution in [3.05, 3.63) is 34.9 Å². The highest BCUT2D eigenvalue weighted by atomic mass is 19.1. The van der Waals surface area contributed by atoms with Crippen LogP contribution in [0.4, 0.5) is 8.78 Å². The van der Waals surface area contributed by atoms with E-state index in [9.17, 15) is 13.9 Å². The molecular formula is C16H23F2NO. The lowest BCUT2D eigenvalue weighted by Gasteiger charge is -2.22. The highest BCUT2D eigenvalue weighted by Gasteiger charge is 2.27. The molecular weight excluding hydrogens is 260 g/mol. The van der Waals surface area contributed by atoms with Gasteiger partial charge in [-0.15, -0.1) is 0 Å². The standard InChI is InChI=1S/C16H23F2NO/c1-10-6-16(18)14(7-15(10)17)11(2)19-8-12-4-3-5-13(12)9-20/h6-7,11-13,19-20H,3-5,8-9H2,1-2H3. The number of nitrogens with one attached hydrogen (secondary N) is 1. The Kier molecular flexibility index (Phi) is 5.11. The lowest BCUT2D eigenvalue weighted by atomic mass is 9.96. The third-order valence-electron chi connectivity index (χ3n) is 4.48. The lowest BCUT2D eigenvalue weighted by molar-refractivity contribution is 0.190. The van der Waals surface area contributed by atoms with E-state index < -0.39 is 0 Å². The number of aryl methyl sites for hydroxylation is 1. The summed E-state index contributed by atoms with van der Waals surface area (Å²) in [6, 6.07) is 2.29.